The van der Waals surface area contributed by atoms with Crippen LogP contribution in [0.3, 0.4) is 0 Å². The minimum atomic E-state index is -0.872. The standard InChI is InChI=1S/C37H72N4O9/c1-14-15-25-41(33(46)50-37(11,12)13)29(39-31(44)48-35(5,6)7)28(22-18-16-17-21-26-42)27-40(32(45)49-36(8,9)10)24-20-19-23-38-30(43)47-34(2,3)4/h28-29,42H,14-27H2,1-13H3,(H,38,43)(H,39,44). The van der Waals surface area contributed by atoms with E-state index in [0.29, 0.717) is 51.7 Å². The molecule has 13 heteroatoms. The van der Waals surface area contributed by atoms with Crippen molar-refractivity contribution in [2.75, 3.05) is 32.8 Å². The highest BCUT2D eigenvalue weighted by molar-refractivity contribution is 5.72. The maximum absolute atomic E-state index is 13.8. The summed E-state index contributed by atoms with van der Waals surface area (Å²) in [5, 5.41) is 15.1. The third-order valence-corrected chi connectivity index (χ3v) is 6.94. The minimum absolute atomic E-state index is 0.102. The predicted molar refractivity (Wildman–Crippen MR) is 196 cm³/mol. The fraction of sp³-hybridized carbons (Fsp3) is 0.892. The molecule has 0 aromatic heterocycles. The molecular weight excluding hydrogens is 644 g/mol. The molecule has 0 aliphatic rings. The van der Waals surface area contributed by atoms with Gasteiger partial charge in [0.25, 0.3) is 0 Å². The van der Waals surface area contributed by atoms with Crippen molar-refractivity contribution in [1.82, 2.24) is 20.4 Å². The molecule has 13 nitrogen and oxygen atoms in total. The number of hydrogen-bond donors (Lipinski definition) is 3. The molecule has 0 fully saturated rings. The Hall–Kier alpha value is -2.96. The first kappa shape index (κ1) is 47.0. The van der Waals surface area contributed by atoms with E-state index >= 15 is 0 Å². The molecule has 50 heavy (non-hydrogen) atoms. The normalized spacial score (nSPS) is 13.5. The van der Waals surface area contributed by atoms with Crippen LogP contribution in [0.25, 0.3) is 0 Å². The van der Waals surface area contributed by atoms with E-state index in [0.717, 1.165) is 25.7 Å². The molecule has 0 rings (SSSR count). The van der Waals surface area contributed by atoms with E-state index in [9.17, 15) is 24.3 Å². The molecular formula is C37H72N4O9. The zero-order valence-electron chi connectivity index (χ0n) is 33.7. The van der Waals surface area contributed by atoms with Gasteiger partial charge in [0.1, 0.15) is 28.6 Å². The molecule has 0 radical (unpaired) electrons. The Kier molecular flexibility index (Phi) is 20.8. The van der Waals surface area contributed by atoms with Crippen molar-refractivity contribution >= 4 is 24.4 Å². The summed E-state index contributed by atoms with van der Waals surface area (Å²) in [6.07, 6.45) is 3.02. The van der Waals surface area contributed by atoms with E-state index in [1.54, 1.807) is 92.9 Å². The summed E-state index contributed by atoms with van der Waals surface area (Å²) in [5.74, 6) is -0.437. The van der Waals surface area contributed by atoms with Crippen LogP contribution < -0.4 is 10.6 Å². The second-order valence-corrected chi connectivity index (χ2v) is 16.9. The predicted octanol–water partition coefficient (Wildman–Crippen LogP) is 7.98. The first-order valence-electron chi connectivity index (χ1n) is 18.4. The van der Waals surface area contributed by atoms with Gasteiger partial charge in [-0.3, -0.25) is 4.90 Å². The number of aliphatic hydroxyl groups is 1. The summed E-state index contributed by atoms with van der Waals surface area (Å²) in [6.45, 7) is 24.7. The van der Waals surface area contributed by atoms with Gasteiger partial charge >= 0.3 is 24.4 Å². The lowest BCUT2D eigenvalue weighted by molar-refractivity contribution is -0.00843. The monoisotopic (exact) mass is 717 g/mol. The summed E-state index contributed by atoms with van der Waals surface area (Å²) >= 11 is 0. The van der Waals surface area contributed by atoms with Gasteiger partial charge in [-0.05, 0) is 115 Å². The van der Waals surface area contributed by atoms with E-state index in [1.165, 1.54) is 0 Å². The van der Waals surface area contributed by atoms with Crippen LogP contribution in [0.15, 0.2) is 0 Å². The first-order valence-corrected chi connectivity index (χ1v) is 18.4. The molecule has 2 atom stereocenters. The molecule has 0 aliphatic heterocycles. The van der Waals surface area contributed by atoms with Crippen molar-refractivity contribution in [3.05, 3.63) is 0 Å². The quantitative estimate of drug-likeness (QED) is 0.0685. The average molecular weight is 717 g/mol. The number of aliphatic hydroxyl groups excluding tert-OH is 1. The smallest absolute Gasteiger partial charge is 0.411 e. The number of ether oxygens (including phenoxy) is 4. The molecule has 0 aliphatic carbocycles. The van der Waals surface area contributed by atoms with Crippen molar-refractivity contribution in [3.8, 4) is 0 Å². The topological polar surface area (TPSA) is 156 Å². The molecule has 3 N–H and O–H groups in total. The lowest BCUT2D eigenvalue weighted by Crippen LogP contribution is -2.58. The van der Waals surface area contributed by atoms with Gasteiger partial charge in [-0.1, -0.05) is 32.6 Å². The van der Waals surface area contributed by atoms with Crippen LogP contribution in [-0.4, -0.2) is 101 Å². The highest BCUT2D eigenvalue weighted by Crippen LogP contribution is 2.24. The summed E-state index contributed by atoms with van der Waals surface area (Å²) in [5.41, 5.74) is -2.94. The molecule has 0 heterocycles. The number of amides is 4. The van der Waals surface area contributed by atoms with Crippen molar-refractivity contribution in [3.63, 3.8) is 0 Å². The van der Waals surface area contributed by atoms with Gasteiger partial charge < -0.3 is 39.6 Å². The summed E-state index contributed by atoms with van der Waals surface area (Å²) < 4.78 is 22.7. The van der Waals surface area contributed by atoms with Gasteiger partial charge in [0.05, 0.1) is 0 Å². The van der Waals surface area contributed by atoms with Crippen LogP contribution in [0.5, 0.6) is 0 Å². The van der Waals surface area contributed by atoms with Crippen LogP contribution >= 0.6 is 0 Å². The summed E-state index contributed by atoms with van der Waals surface area (Å²) in [6, 6.07) is 0. The number of rotatable bonds is 19. The molecule has 2 unspecified atom stereocenters. The molecule has 0 bridgehead atoms. The van der Waals surface area contributed by atoms with Gasteiger partial charge in [0.15, 0.2) is 0 Å². The largest absolute Gasteiger partial charge is 0.444 e. The van der Waals surface area contributed by atoms with Crippen molar-refractivity contribution in [2.24, 2.45) is 5.92 Å². The van der Waals surface area contributed by atoms with Crippen molar-refractivity contribution in [2.45, 2.75) is 176 Å². The molecule has 0 spiro atoms. The number of hydrogen-bond acceptors (Lipinski definition) is 9. The van der Waals surface area contributed by atoms with Crippen LogP contribution in [0.1, 0.15) is 148 Å². The van der Waals surface area contributed by atoms with E-state index in [2.05, 4.69) is 10.6 Å². The first-order chi connectivity index (χ1) is 22.9. The van der Waals surface area contributed by atoms with Crippen LogP contribution in [0.2, 0.25) is 0 Å². The highest BCUT2D eigenvalue weighted by atomic mass is 16.6. The second kappa shape index (κ2) is 22.1. The zero-order chi connectivity index (χ0) is 38.8. The Morgan fingerprint density at radius 3 is 1.66 bits per heavy atom. The van der Waals surface area contributed by atoms with Crippen LogP contribution in [0, 0.1) is 5.92 Å². The van der Waals surface area contributed by atoms with Gasteiger partial charge in [-0.25, -0.2) is 19.2 Å². The Labute approximate surface area is 302 Å². The van der Waals surface area contributed by atoms with Crippen molar-refractivity contribution in [1.29, 1.82) is 0 Å². The van der Waals surface area contributed by atoms with E-state index in [-0.39, 0.29) is 13.2 Å². The molecule has 0 aromatic carbocycles. The molecule has 0 saturated carbocycles. The lowest BCUT2D eigenvalue weighted by Gasteiger charge is -2.40. The van der Waals surface area contributed by atoms with E-state index in [1.807, 2.05) is 6.92 Å². The number of nitrogens with zero attached hydrogens (tertiary/aromatic N) is 2. The van der Waals surface area contributed by atoms with E-state index in [4.69, 9.17) is 18.9 Å². The number of alkyl carbamates (subject to hydrolysis) is 2. The maximum atomic E-state index is 13.8. The van der Waals surface area contributed by atoms with Crippen LogP contribution in [-0.2, 0) is 18.9 Å². The number of carbonyl (C=O) groups is 4. The Morgan fingerprint density at radius 2 is 1.14 bits per heavy atom. The second-order valence-electron chi connectivity index (χ2n) is 16.9. The maximum Gasteiger partial charge on any atom is 0.411 e. The number of nitrogens with one attached hydrogen (secondary N) is 2. The van der Waals surface area contributed by atoms with Crippen molar-refractivity contribution < 1.29 is 43.2 Å². The molecule has 0 aromatic rings. The Morgan fingerprint density at radius 1 is 0.620 bits per heavy atom. The molecule has 4 amide bonds. The average Bonchev–Trinajstić information content (AvgIpc) is 2.91. The Balaban J connectivity index is 6.66. The Bertz CT molecular complexity index is 1010. The molecule has 294 valence electrons. The third-order valence-electron chi connectivity index (χ3n) is 6.94. The zero-order valence-corrected chi connectivity index (χ0v) is 33.7. The summed E-state index contributed by atoms with van der Waals surface area (Å²) in [7, 11) is 0. The SMILES string of the molecule is CCCCN(C(=O)OC(C)(C)C)C(NC(=O)OC(C)(C)C)C(CCCCCCO)CN(CCCCNC(=O)OC(C)(C)C)C(=O)OC(C)(C)C. The van der Waals surface area contributed by atoms with Gasteiger partial charge in [0, 0.05) is 38.7 Å². The third kappa shape index (κ3) is 24.2. The molecule has 0 saturated heterocycles. The number of carbonyl (C=O) groups excluding carboxylic acids is 4. The lowest BCUT2D eigenvalue weighted by atomic mass is 9.95. The van der Waals surface area contributed by atoms with Gasteiger partial charge in [-0.2, -0.15) is 0 Å². The fourth-order valence-corrected chi connectivity index (χ4v) is 4.89. The number of unbranched alkanes of at least 4 members (excludes halogenated alkanes) is 5. The fourth-order valence-electron chi connectivity index (χ4n) is 4.89. The summed E-state index contributed by atoms with van der Waals surface area (Å²) in [4.78, 5) is 56.2. The van der Waals surface area contributed by atoms with Gasteiger partial charge in [-0.15, -0.1) is 0 Å². The van der Waals surface area contributed by atoms with Crippen LogP contribution in [0.4, 0.5) is 19.2 Å². The minimum Gasteiger partial charge on any atom is -0.444 e. The van der Waals surface area contributed by atoms with E-state index < -0.39 is 58.9 Å². The highest BCUT2D eigenvalue weighted by Gasteiger charge is 2.37. The van der Waals surface area contributed by atoms with Gasteiger partial charge in [0.2, 0.25) is 0 Å².